The molecule has 90 valence electrons. The van der Waals surface area contributed by atoms with E-state index in [4.69, 9.17) is 11.6 Å². The van der Waals surface area contributed by atoms with Crippen molar-refractivity contribution in [2.45, 2.75) is 26.1 Å². The van der Waals surface area contributed by atoms with E-state index in [-0.39, 0.29) is 5.38 Å². The predicted octanol–water partition coefficient (Wildman–Crippen LogP) is 5.76. The lowest BCUT2D eigenvalue weighted by Gasteiger charge is -2.13. The van der Waals surface area contributed by atoms with Crippen molar-refractivity contribution in [1.29, 1.82) is 0 Å². The Balaban J connectivity index is 2.43. The van der Waals surface area contributed by atoms with E-state index >= 15 is 0 Å². The second kappa shape index (κ2) is 5.13. The molecule has 0 aliphatic carbocycles. The van der Waals surface area contributed by atoms with Gasteiger partial charge in [0.2, 0.25) is 0 Å². The number of halogens is 2. The minimum Gasteiger partial charge on any atom is -0.143 e. The third kappa shape index (κ3) is 2.59. The zero-order valence-electron chi connectivity index (χ0n) is 10.1. The maximum absolute atomic E-state index is 6.58. The summed E-state index contributed by atoms with van der Waals surface area (Å²) in [7, 11) is 0. The Kier molecular flexibility index (Phi) is 3.96. The van der Waals surface area contributed by atoms with Crippen molar-refractivity contribution in [2.24, 2.45) is 0 Å². The summed E-state index contributed by atoms with van der Waals surface area (Å²) in [4.78, 5) is 2.47. The Morgan fingerprint density at radius 3 is 2.53 bits per heavy atom. The monoisotopic (exact) mass is 328 g/mol. The molecule has 0 aliphatic heterocycles. The summed E-state index contributed by atoms with van der Waals surface area (Å²) in [5.41, 5.74) is 3.79. The van der Waals surface area contributed by atoms with Gasteiger partial charge in [0, 0.05) is 14.2 Å². The van der Waals surface area contributed by atoms with Gasteiger partial charge in [0.1, 0.15) is 0 Å². The van der Waals surface area contributed by atoms with Gasteiger partial charge in [-0.3, -0.25) is 0 Å². The molecule has 1 aromatic heterocycles. The maximum atomic E-state index is 6.58. The molecule has 0 bridgehead atoms. The SMILES string of the molecule is Cc1cccc(C(Cl)c2cc(Br)c(C)s2)c1C. The van der Waals surface area contributed by atoms with Crippen LogP contribution in [0.4, 0.5) is 0 Å². The van der Waals surface area contributed by atoms with Crippen LogP contribution in [0.15, 0.2) is 28.7 Å². The van der Waals surface area contributed by atoms with Crippen LogP contribution in [-0.4, -0.2) is 0 Å². The molecule has 17 heavy (non-hydrogen) atoms. The molecule has 0 amide bonds. The first kappa shape index (κ1) is 13.1. The van der Waals surface area contributed by atoms with Crippen LogP contribution in [0.3, 0.4) is 0 Å². The highest BCUT2D eigenvalue weighted by Gasteiger charge is 2.17. The molecule has 0 radical (unpaired) electrons. The quantitative estimate of drug-likeness (QED) is 0.614. The van der Waals surface area contributed by atoms with Crippen LogP contribution in [0, 0.1) is 20.8 Å². The fraction of sp³-hybridized carbons (Fsp3) is 0.286. The van der Waals surface area contributed by atoms with E-state index in [2.05, 4.69) is 61.0 Å². The number of hydrogen-bond acceptors (Lipinski definition) is 1. The normalized spacial score (nSPS) is 12.8. The molecule has 0 saturated carbocycles. The van der Waals surface area contributed by atoms with Crippen LogP contribution >= 0.6 is 38.9 Å². The summed E-state index contributed by atoms with van der Waals surface area (Å²) in [6.45, 7) is 6.36. The molecule has 0 saturated heterocycles. The fourth-order valence-corrected chi connectivity index (χ4v) is 3.80. The van der Waals surface area contributed by atoms with Crippen molar-refractivity contribution < 1.29 is 0 Å². The lowest BCUT2D eigenvalue weighted by molar-refractivity contribution is 1.12. The molecule has 0 spiro atoms. The van der Waals surface area contributed by atoms with Crippen molar-refractivity contribution >= 4 is 38.9 Å². The number of thiophene rings is 1. The summed E-state index contributed by atoms with van der Waals surface area (Å²) in [5.74, 6) is 0. The molecule has 1 unspecified atom stereocenters. The van der Waals surface area contributed by atoms with Crippen molar-refractivity contribution in [3.8, 4) is 0 Å². The Morgan fingerprint density at radius 2 is 1.94 bits per heavy atom. The van der Waals surface area contributed by atoms with E-state index < -0.39 is 0 Å². The second-order valence-corrected chi connectivity index (χ2v) is 6.78. The van der Waals surface area contributed by atoms with E-state index in [1.54, 1.807) is 11.3 Å². The zero-order chi connectivity index (χ0) is 12.6. The molecule has 0 aliphatic rings. The first-order valence-electron chi connectivity index (χ1n) is 5.46. The molecule has 2 aromatic rings. The van der Waals surface area contributed by atoms with Crippen molar-refractivity contribution in [3.63, 3.8) is 0 Å². The van der Waals surface area contributed by atoms with Gasteiger partial charge in [-0.05, 0) is 59.5 Å². The summed E-state index contributed by atoms with van der Waals surface area (Å²) in [6, 6.07) is 8.43. The van der Waals surface area contributed by atoms with Crippen LogP contribution in [0.1, 0.15) is 31.8 Å². The zero-order valence-corrected chi connectivity index (χ0v) is 13.2. The average molecular weight is 330 g/mol. The summed E-state index contributed by atoms with van der Waals surface area (Å²) in [6.07, 6.45) is 0. The topological polar surface area (TPSA) is 0 Å². The van der Waals surface area contributed by atoms with Gasteiger partial charge >= 0.3 is 0 Å². The average Bonchev–Trinajstić information content (AvgIpc) is 2.62. The first-order chi connectivity index (χ1) is 8.00. The van der Waals surface area contributed by atoms with Crippen LogP contribution in [0.2, 0.25) is 0 Å². The van der Waals surface area contributed by atoms with Crippen LogP contribution < -0.4 is 0 Å². The Labute approximate surface area is 120 Å². The molecule has 1 aromatic carbocycles. The summed E-state index contributed by atoms with van der Waals surface area (Å²) in [5, 5.41) is -0.0510. The Hall–Kier alpha value is -0.310. The number of alkyl halides is 1. The lowest BCUT2D eigenvalue weighted by atomic mass is 10.0. The van der Waals surface area contributed by atoms with Gasteiger partial charge in [-0.25, -0.2) is 0 Å². The van der Waals surface area contributed by atoms with Gasteiger partial charge in [-0.15, -0.1) is 22.9 Å². The predicted molar refractivity (Wildman–Crippen MR) is 80.4 cm³/mol. The molecular formula is C14H14BrClS. The smallest absolute Gasteiger partial charge is 0.0930 e. The molecule has 0 fully saturated rings. The van der Waals surface area contributed by atoms with Gasteiger partial charge in [0.15, 0.2) is 0 Å². The van der Waals surface area contributed by atoms with Crippen LogP contribution in [0.25, 0.3) is 0 Å². The van der Waals surface area contributed by atoms with E-state index in [0.717, 1.165) is 4.47 Å². The Bertz CT molecular complexity index is 526. The van der Waals surface area contributed by atoms with Crippen molar-refractivity contribution in [2.75, 3.05) is 0 Å². The second-order valence-electron chi connectivity index (χ2n) is 4.20. The van der Waals surface area contributed by atoms with Crippen LogP contribution in [0.5, 0.6) is 0 Å². The van der Waals surface area contributed by atoms with Gasteiger partial charge in [0.25, 0.3) is 0 Å². The Morgan fingerprint density at radius 1 is 1.24 bits per heavy atom. The molecule has 1 atom stereocenters. The lowest BCUT2D eigenvalue weighted by Crippen LogP contribution is -1.95. The van der Waals surface area contributed by atoms with Gasteiger partial charge in [-0.2, -0.15) is 0 Å². The van der Waals surface area contributed by atoms with Crippen LogP contribution in [-0.2, 0) is 0 Å². The summed E-state index contributed by atoms with van der Waals surface area (Å²) >= 11 is 11.9. The maximum Gasteiger partial charge on any atom is 0.0930 e. The largest absolute Gasteiger partial charge is 0.143 e. The minimum atomic E-state index is -0.0510. The number of hydrogen-bond donors (Lipinski definition) is 0. The number of aryl methyl sites for hydroxylation is 2. The standard InChI is InChI=1S/C14H14BrClS/c1-8-5-4-6-11(9(8)2)14(16)13-7-12(15)10(3)17-13/h4-7,14H,1-3H3. The van der Waals surface area contributed by atoms with E-state index in [0.29, 0.717) is 0 Å². The molecule has 0 N–H and O–H groups in total. The minimum absolute atomic E-state index is 0.0510. The highest BCUT2D eigenvalue weighted by atomic mass is 79.9. The third-order valence-electron chi connectivity index (χ3n) is 3.05. The molecule has 3 heteroatoms. The molecule has 0 nitrogen and oxygen atoms in total. The summed E-state index contributed by atoms with van der Waals surface area (Å²) < 4.78 is 1.15. The van der Waals surface area contributed by atoms with Crippen molar-refractivity contribution in [1.82, 2.24) is 0 Å². The fourth-order valence-electron chi connectivity index (χ4n) is 1.81. The number of rotatable bonds is 2. The van der Waals surface area contributed by atoms with Gasteiger partial charge in [0.05, 0.1) is 5.38 Å². The first-order valence-corrected chi connectivity index (χ1v) is 7.51. The highest BCUT2D eigenvalue weighted by molar-refractivity contribution is 9.10. The molecule has 2 rings (SSSR count). The molecule has 1 heterocycles. The van der Waals surface area contributed by atoms with Gasteiger partial charge < -0.3 is 0 Å². The van der Waals surface area contributed by atoms with E-state index in [1.165, 1.54) is 26.4 Å². The van der Waals surface area contributed by atoms with Gasteiger partial charge in [-0.1, -0.05) is 18.2 Å². The number of benzene rings is 1. The van der Waals surface area contributed by atoms with Crippen molar-refractivity contribution in [3.05, 3.63) is 55.2 Å². The van der Waals surface area contributed by atoms with E-state index in [1.807, 2.05) is 0 Å². The molecular weight excluding hydrogens is 316 g/mol. The third-order valence-corrected chi connectivity index (χ3v) is 5.85. The highest BCUT2D eigenvalue weighted by Crippen LogP contribution is 2.38. The van der Waals surface area contributed by atoms with E-state index in [9.17, 15) is 0 Å².